The fourth-order valence-corrected chi connectivity index (χ4v) is 7.24. The molecule has 1 heteroatoms. The monoisotopic (exact) mass is 412 g/mol. The van der Waals surface area contributed by atoms with Crippen molar-refractivity contribution in [3.8, 4) is 0 Å². The van der Waals surface area contributed by atoms with Gasteiger partial charge >= 0.3 is 0 Å². The third-order valence-electron chi connectivity index (χ3n) is 9.34. The molecule has 30 heavy (non-hydrogen) atoms. The summed E-state index contributed by atoms with van der Waals surface area (Å²) in [6, 6.07) is 0. The van der Waals surface area contributed by atoms with Crippen molar-refractivity contribution >= 4 is 0 Å². The summed E-state index contributed by atoms with van der Waals surface area (Å²) in [6.07, 6.45) is 21.0. The van der Waals surface area contributed by atoms with Gasteiger partial charge < -0.3 is 5.11 Å². The predicted octanol–water partition coefficient (Wildman–Crippen LogP) is 8.40. The Kier molecular flexibility index (Phi) is 8.47. The smallest absolute Gasteiger partial charge is 0.0583 e. The molecule has 3 rings (SSSR count). The zero-order chi connectivity index (χ0) is 21.7. The number of fused-ring (bicyclic) bond motifs is 1. The number of hydrogen-bond donors (Lipinski definition) is 1. The Balaban J connectivity index is 1.65. The van der Waals surface area contributed by atoms with Crippen molar-refractivity contribution in [2.75, 3.05) is 0 Å². The van der Waals surface area contributed by atoms with E-state index in [1.807, 2.05) is 0 Å². The molecular formula is C29H48O. The lowest BCUT2D eigenvalue weighted by molar-refractivity contribution is 0.0926. The van der Waals surface area contributed by atoms with Gasteiger partial charge in [-0.15, -0.1) is 0 Å². The van der Waals surface area contributed by atoms with Crippen molar-refractivity contribution in [2.24, 2.45) is 29.1 Å². The SMILES string of the molecule is C=C1CC[C@H](O)C/C1=C/C=C1\CCC[C@]2(C)[C@@H]([C@H](C)CCCC(CC)CC)CC[C@@H]12. The maximum absolute atomic E-state index is 10.1. The van der Waals surface area contributed by atoms with E-state index in [1.54, 1.807) is 5.57 Å². The molecule has 0 unspecified atom stereocenters. The molecule has 0 bridgehead atoms. The molecule has 0 radical (unpaired) electrons. The Labute approximate surface area is 187 Å². The first-order valence-electron chi connectivity index (χ1n) is 13.1. The van der Waals surface area contributed by atoms with Crippen LogP contribution in [0, 0.1) is 29.1 Å². The molecule has 0 amide bonds. The quantitative estimate of drug-likeness (QED) is 0.424. The van der Waals surface area contributed by atoms with Gasteiger partial charge in [0.15, 0.2) is 0 Å². The summed E-state index contributed by atoms with van der Waals surface area (Å²) in [6.45, 7) is 14.1. The molecule has 3 aliphatic carbocycles. The van der Waals surface area contributed by atoms with Gasteiger partial charge in [-0.1, -0.05) is 89.7 Å². The zero-order valence-electron chi connectivity index (χ0n) is 20.4. The van der Waals surface area contributed by atoms with Crippen LogP contribution in [0.1, 0.15) is 111 Å². The zero-order valence-corrected chi connectivity index (χ0v) is 20.4. The first-order chi connectivity index (χ1) is 14.4. The third kappa shape index (κ3) is 5.32. The van der Waals surface area contributed by atoms with Crippen LogP contribution in [0.5, 0.6) is 0 Å². The van der Waals surface area contributed by atoms with E-state index in [-0.39, 0.29) is 6.10 Å². The minimum atomic E-state index is -0.173. The maximum atomic E-state index is 10.1. The van der Waals surface area contributed by atoms with E-state index < -0.39 is 0 Å². The highest BCUT2D eigenvalue weighted by Gasteiger charge is 2.50. The second-order valence-electron chi connectivity index (χ2n) is 11.1. The number of rotatable bonds is 8. The summed E-state index contributed by atoms with van der Waals surface area (Å²) >= 11 is 0. The molecule has 0 aromatic carbocycles. The summed E-state index contributed by atoms with van der Waals surface area (Å²) < 4.78 is 0. The standard InChI is InChI=1S/C29H48O/c1-6-23(7-2)11-8-10-22(4)27-17-18-28-24(12-9-19-29(27,28)5)14-15-25-20-26(30)16-13-21(25)3/h14-15,22-23,26-28,30H,3,6-13,16-20H2,1-2,4-5H3/b24-14+,25-15-/t22-,26+,27-,28+,29-/m1/s1. The van der Waals surface area contributed by atoms with Crippen molar-refractivity contribution in [2.45, 2.75) is 117 Å². The van der Waals surface area contributed by atoms with E-state index in [1.165, 1.54) is 75.4 Å². The van der Waals surface area contributed by atoms with Gasteiger partial charge in [-0.3, -0.25) is 0 Å². The van der Waals surface area contributed by atoms with E-state index in [4.69, 9.17) is 0 Å². The largest absolute Gasteiger partial charge is 0.393 e. The molecular weight excluding hydrogens is 364 g/mol. The van der Waals surface area contributed by atoms with Crippen molar-refractivity contribution in [3.63, 3.8) is 0 Å². The van der Waals surface area contributed by atoms with Crippen LogP contribution in [0.15, 0.2) is 35.5 Å². The van der Waals surface area contributed by atoms with Gasteiger partial charge in [0.2, 0.25) is 0 Å². The van der Waals surface area contributed by atoms with Crippen molar-refractivity contribution < 1.29 is 5.11 Å². The van der Waals surface area contributed by atoms with Gasteiger partial charge in [-0.2, -0.15) is 0 Å². The highest BCUT2D eigenvalue weighted by atomic mass is 16.3. The van der Waals surface area contributed by atoms with Crippen LogP contribution in [0.2, 0.25) is 0 Å². The number of aliphatic hydroxyl groups excluding tert-OH is 1. The van der Waals surface area contributed by atoms with Crippen LogP contribution < -0.4 is 0 Å². The van der Waals surface area contributed by atoms with Crippen molar-refractivity contribution in [1.29, 1.82) is 0 Å². The second kappa shape index (κ2) is 10.7. The first kappa shape index (κ1) is 23.8. The molecule has 3 fully saturated rings. The average molecular weight is 413 g/mol. The van der Waals surface area contributed by atoms with Gasteiger partial charge in [-0.25, -0.2) is 0 Å². The third-order valence-corrected chi connectivity index (χ3v) is 9.34. The fraction of sp³-hybridized carbons (Fsp3) is 0.793. The van der Waals surface area contributed by atoms with Crippen molar-refractivity contribution in [1.82, 2.24) is 0 Å². The minimum Gasteiger partial charge on any atom is -0.393 e. The normalized spacial score (nSPS) is 35.9. The Morgan fingerprint density at radius 1 is 1.10 bits per heavy atom. The van der Waals surface area contributed by atoms with Crippen LogP contribution in [0.4, 0.5) is 0 Å². The summed E-state index contributed by atoms with van der Waals surface area (Å²) in [5.74, 6) is 3.47. The summed E-state index contributed by atoms with van der Waals surface area (Å²) in [5.41, 5.74) is 4.72. The van der Waals surface area contributed by atoms with Gasteiger partial charge in [0, 0.05) is 0 Å². The Hall–Kier alpha value is -0.820. The molecule has 0 aromatic heterocycles. The maximum Gasteiger partial charge on any atom is 0.0583 e. The van der Waals surface area contributed by atoms with Gasteiger partial charge in [0.25, 0.3) is 0 Å². The van der Waals surface area contributed by atoms with Crippen LogP contribution in [-0.4, -0.2) is 11.2 Å². The molecule has 0 heterocycles. The molecule has 3 saturated carbocycles. The molecule has 0 aliphatic heterocycles. The summed E-state index contributed by atoms with van der Waals surface area (Å²) in [5, 5.41) is 10.1. The van der Waals surface area contributed by atoms with Crippen LogP contribution >= 0.6 is 0 Å². The lowest BCUT2D eigenvalue weighted by Crippen LogP contribution is -2.36. The topological polar surface area (TPSA) is 20.2 Å². The molecule has 0 aromatic rings. The van der Waals surface area contributed by atoms with E-state index in [2.05, 4.69) is 46.4 Å². The molecule has 0 spiro atoms. The predicted molar refractivity (Wildman–Crippen MR) is 130 cm³/mol. The van der Waals surface area contributed by atoms with E-state index in [0.717, 1.165) is 42.9 Å². The lowest BCUT2D eigenvalue weighted by atomic mass is 9.60. The molecule has 3 aliphatic rings. The molecule has 1 nitrogen and oxygen atoms in total. The summed E-state index contributed by atoms with van der Waals surface area (Å²) in [7, 11) is 0. The lowest BCUT2D eigenvalue weighted by Gasteiger charge is -2.44. The minimum absolute atomic E-state index is 0.173. The first-order valence-corrected chi connectivity index (χ1v) is 13.1. The van der Waals surface area contributed by atoms with Gasteiger partial charge in [-0.05, 0) is 86.0 Å². The Bertz CT molecular complexity index is 637. The fourth-order valence-electron chi connectivity index (χ4n) is 7.24. The molecule has 170 valence electrons. The highest BCUT2D eigenvalue weighted by molar-refractivity contribution is 5.36. The van der Waals surface area contributed by atoms with E-state index in [0.29, 0.717) is 5.41 Å². The Morgan fingerprint density at radius 3 is 2.60 bits per heavy atom. The van der Waals surface area contributed by atoms with E-state index in [9.17, 15) is 5.11 Å². The number of hydrogen-bond acceptors (Lipinski definition) is 1. The van der Waals surface area contributed by atoms with Gasteiger partial charge in [0.1, 0.15) is 0 Å². The van der Waals surface area contributed by atoms with Crippen LogP contribution in [0.25, 0.3) is 0 Å². The summed E-state index contributed by atoms with van der Waals surface area (Å²) in [4.78, 5) is 0. The molecule has 0 saturated heterocycles. The molecule has 5 atom stereocenters. The number of aliphatic hydroxyl groups is 1. The van der Waals surface area contributed by atoms with Gasteiger partial charge in [0.05, 0.1) is 6.10 Å². The van der Waals surface area contributed by atoms with E-state index >= 15 is 0 Å². The van der Waals surface area contributed by atoms with Crippen molar-refractivity contribution in [3.05, 3.63) is 35.5 Å². The average Bonchev–Trinajstić information content (AvgIpc) is 3.09. The Morgan fingerprint density at radius 2 is 1.87 bits per heavy atom. The highest BCUT2D eigenvalue weighted by Crippen LogP contribution is 2.60. The molecule has 1 N–H and O–H groups in total. The van der Waals surface area contributed by atoms with Crippen LogP contribution in [0.3, 0.4) is 0 Å². The number of allylic oxidation sites excluding steroid dienone is 4. The second-order valence-corrected chi connectivity index (χ2v) is 11.1. The van der Waals surface area contributed by atoms with Crippen LogP contribution in [-0.2, 0) is 0 Å².